The molecule has 0 amide bonds. The van der Waals surface area contributed by atoms with Crippen LogP contribution >= 0.6 is 11.6 Å². The number of halogens is 1. The summed E-state index contributed by atoms with van der Waals surface area (Å²) in [4.78, 5) is 4.55. The van der Waals surface area contributed by atoms with Crippen molar-refractivity contribution in [2.24, 2.45) is 0 Å². The second-order valence-electron chi connectivity index (χ2n) is 7.37. The van der Waals surface area contributed by atoms with Crippen LogP contribution in [-0.4, -0.2) is 38.5 Å². The number of aliphatic hydroxyl groups excluding tert-OH is 1. The van der Waals surface area contributed by atoms with E-state index in [1.165, 1.54) is 0 Å². The molecule has 0 unspecified atom stereocenters. The average Bonchev–Trinajstić information content (AvgIpc) is 3.19. The molecule has 1 aromatic carbocycles. The fourth-order valence-corrected chi connectivity index (χ4v) is 4.33. The highest BCUT2D eigenvalue weighted by atomic mass is 35.5. The number of benzene rings is 1. The van der Waals surface area contributed by atoms with E-state index in [1.54, 1.807) is 0 Å². The van der Waals surface area contributed by atoms with Gasteiger partial charge in [-0.05, 0) is 58.2 Å². The standard InChI is InChI=1S/C20H25ClN4O2/c1-12-19(13(2)27-24-12)15-9-14(21)10-17-20(15)25(11-23-17)8-4-5-16-18(26)6-3-7-22-16/h9-11,16,18,22,26H,3-8H2,1-2H3/t16-,18+/m1/s1. The Morgan fingerprint density at radius 1 is 1.37 bits per heavy atom. The second-order valence-corrected chi connectivity index (χ2v) is 7.81. The Bertz CT molecular complexity index is 930. The van der Waals surface area contributed by atoms with Crippen LogP contribution < -0.4 is 5.32 Å². The van der Waals surface area contributed by atoms with Crippen molar-refractivity contribution in [3.63, 3.8) is 0 Å². The molecule has 3 aromatic rings. The fourth-order valence-electron chi connectivity index (χ4n) is 4.11. The molecule has 7 heteroatoms. The Morgan fingerprint density at radius 3 is 2.96 bits per heavy atom. The maximum Gasteiger partial charge on any atom is 0.141 e. The van der Waals surface area contributed by atoms with Crippen LogP contribution in [0.4, 0.5) is 0 Å². The number of aryl methyl sites for hydroxylation is 3. The van der Waals surface area contributed by atoms with E-state index < -0.39 is 0 Å². The summed E-state index contributed by atoms with van der Waals surface area (Å²) in [6.45, 7) is 5.68. The smallest absolute Gasteiger partial charge is 0.141 e. The summed E-state index contributed by atoms with van der Waals surface area (Å²) in [5.74, 6) is 0.776. The molecule has 1 fully saturated rings. The van der Waals surface area contributed by atoms with E-state index in [9.17, 15) is 5.11 Å². The Kier molecular flexibility index (Phi) is 5.21. The van der Waals surface area contributed by atoms with Gasteiger partial charge in [-0.3, -0.25) is 0 Å². The van der Waals surface area contributed by atoms with E-state index in [-0.39, 0.29) is 12.1 Å². The number of fused-ring (bicyclic) bond motifs is 1. The number of imidazole rings is 1. The van der Waals surface area contributed by atoms with Crippen molar-refractivity contribution in [2.45, 2.75) is 58.2 Å². The van der Waals surface area contributed by atoms with Gasteiger partial charge >= 0.3 is 0 Å². The highest BCUT2D eigenvalue weighted by molar-refractivity contribution is 6.31. The largest absolute Gasteiger partial charge is 0.392 e. The molecule has 0 spiro atoms. The molecule has 0 aliphatic carbocycles. The van der Waals surface area contributed by atoms with E-state index in [2.05, 4.69) is 20.0 Å². The van der Waals surface area contributed by atoms with Gasteiger partial charge in [0.2, 0.25) is 0 Å². The van der Waals surface area contributed by atoms with Crippen molar-refractivity contribution in [3.8, 4) is 11.1 Å². The van der Waals surface area contributed by atoms with Crippen LogP contribution in [0.5, 0.6) is 0 Å². The maximum absolute atomic E-state index is 10.1. The molecule has 4 rings (SSSR count). The first-order valence-electron chi connectivity index (χ1n) is 9.53. The first-order chi connectivity index (χ1) is 13.0. The molecule has 1 saturated heterocycles. The first kappa shape index (κ1) is 18.5. The van der Waals surface area contributed by atoms with E-state index >= 15 is 0 Å². The van der Waals surface area contributed by atoms with Crippen molar-refractivity contribution < 1.29 is 9.63 Å². The molecule has 3 heterocycles. The van der Waals surface area contributed by atoms with Gasteiger partial charge in [0.05, 0.1) is 29.2 Å². The fraction of sp³-hybridized carbons (Fsp3) is 0.500. The topological polar surface area (TPSA) is 76.1 Å². The molecule has 0 radical (unpaired) electrons. The monoisotopic (exact) mass is 388 g/mol. The molecule has 0 bridgehead atoms. The molecule has 27 heavy (non-hydrogen) atoms. The third kappa shape index (κ3) is 3.61. The molecule has 6 nitrogen and oxygen atoms in total. The highest BCUT2D eigenvalue weighted by Gasteiger charge is 2.22. The summed E-state index contributed by atoms with van der Waals surface area (Å²) in [6.07, 6.45) is 5.47. The van der Waals surface area contributed by atoms with Gasteiger partial charge in [0.25, 0.3) is 0 Å². The first-order valence-corrected chi connectivity index (χ1v) is 9.91. The molecule has 2 atom stereocenters. The van der Waals surface area contributed by atoms with Gasteiger partial charge in [-0.1, -0.05) is 16.8 Å². The van der Waals surface area contributed by atoms with E-state index in [4.69, 9.17) is 16.1 Å². The van der Waals surface area contributed by atoms with Crippen molar-refractivity contribution >= 4 is 22.6 Å². The molecule has 2 N–H and O–H groups in total. The van der Waals surface area contributed by atoms with E-state index in [0.717, 1.165) is 72.4 Å². The Morgan fingerprint density at radius 2 is 2.22 bits per heavy atom. The summed E-state index contributed by atoms with van der Waals surface area (Å²) in [5, 5.41) is 18.3. The minimum atomic E-state index is -0.241. The molecule has 0 saturated carbocycles. The predicted octanol–water partition coefficient (Wildman–Crippen LogP) is 3.85. The van der Waals surface area contributed by atoms with Crippen LogP contribution in [0.25, 0.3) is 22.2 Å². The van der Waals surface area contributed by atoms with Crippen LogP contribution in [0.15, 0.2) is 23.0 Å². The number of nitrogens with zero attached hydrogens (tertiary/aromatic N) is 3. The van der Waals surface area contributed by atoms with Crippen LogP contribution in [0, 0.1) is 13.8 Å². The number of hydrogen-bond donors (Lipinski definition) is 2. The number of nitrogens with one attached hydrogen (secondary N) is 1. The lowest BCUT2D eigenvalue weighted by Gasteiger charge is -2.29. The van der Waals surface area contributed by atoms with Gasteiger partial charge in [0.1, 0.15) is 5.76 Å². The van der Waals surface area contributed by atoms with Crippen LogP contribution in [0.1, 0.15) is 37.1 Å². The molecule has 2 aromatic heterocycles. The van der Waals surface area contributed by atoms with E-state index in [0.29, 0.717) is 5.02 Å². The molecular weight excluding hydrogens is 364 g/mol. The number of piperidine rings is 1. The Balaban J connectivity index is 1.62. The van der Waals surface area contributed by atoms with Gasteiger partial charge in [0, 0.05) is 28.7 Å². The summed E-state index contributed by atoms with van der Waals surface area (Å²) >= 11 is 6.34. The second kappa shape index (κ2) is 7.62. The van der Waals surface area contributed by atoms with Gasteiger partial charge < -0.3 is 19.5 Å². The van der Waals surface area contributed by atoms with Gasteiger partial charge in [0.15, 0.2) is 0 Å². The minimum Gasteiger partial charge on any atom is -0.392 e. The van der Waals surface area contributed by atoms with Crippen molar-refractivity contribution in [1.29, 1.82) is 0 Å². The quantitative estimate of drug-likeness (QED) is 0.694. The van der Waals surface area contributed by atoms with Crippen molar-refractivity contribution in [2.75, 3.05) is 6.54 Å². The summed E-state index contributed by atoms with van der Waals surface area (Å²) < 4.78 is 7.54. The molecule has 144 valence electrons. The zero-order chi connectivity index (χ0) is 19.0. The van der Waals surface area contributed by atoms with Gasteiger partial charge in [-0.25, -0.2) is 4.98 Å². The maximum atomic E-state index is 10.1. The third-order valence-electron chi connectivity index (χ3n) is 5.44. The Hall–Kier alpha value is -1.89. The van der Waals surface area contributed by atoms with Crippen molar-refractivity contribution in [3.05, 3.63) is 34.9 Å². The average molecular weight is 389 g/mol. The molecule has 1 aliphatic rings. The SMILES string of the molecule is Cc1noc(C)c1-c1cc(Cl)cc2ncn(CCC[C@H]3NCCC[C@@H]3O)c12. The Labute approximate surface area is 163 Å². The van der Waals surface area contributed by atoms with Crippen LogP contribution in [0.2, 0.25) is 5.02 Å². The lowest BCUT2D eigenvalue weighted by atomic mass is 9.97. The zero-order valence-electron chi connectivity index (χ0n) is 15.7. The molecular formula is C20H25ClN4O2. The normalized spacial score (nSPS) is 20.4. The highest BCUT2D eigenvalue weighted by Crippen LogP contribution is 2.35. The van der Waals surface area contributed by atoms with Gasteiger partial charge in [-0.15, -0.1) is 0 Å². The number of rotatable bonds is 5. The number of aromatic nitrogens is 3. The lowest BCUT2D eigenvalue weighted by Crippen LogP contribution is -2.44. The minimum absolute atomic E-state index is 0.185. The summed E-state index contributed by atoms with van der Waals surface area (Å²) in [5.41, 5.74) is 4.74. The van der Waals surface area contributed by atoms with Gasteiger partial charge in [-0.2, -0.15) is 0 Å². The van der Waals surface area contributed by atoms with E-state index in [1.807, 2.05) is 32.3 Å². The lowest BCUT2D eigenvalue weighted by molar-refractivity contribution is 0.0909. The summed E-state index contributed by atoms with van der Waals surface area (Å²) in [6, 6.07) is 4.03. The predicted molar refractivity (Wildman–Crippen MR) is 106 cm³/mol. The molecule has 1 aliphatic heterocycles. The number of hydrogen-bond acceptors (Lipinski definition) is 5. The zero-order valence-corrected chi connectivity index (χ0v) is 16.5. The third-order valence-corrected chi connectivity index (χ3v) is 5.66. The van der Waals surface area contributed by atoms with Crippen LogP contribution in [-0.2, 0) is 6.54 Å². The summed E-state index contributed by atoms with van der Waals surface area (Å²) in [7, 11) is 0. The van der Waals surface area contributed by atoms with Crippen LogP contribution in [0.3, 0.4) is 0 Å². The van der Waals surface area contributed by atoms with Crippen molar-refractivity contribution in [1.82, 2.24) is 20.0 Å². The number of aliphatic hydroxyl groups is 1.